The number of aliphatic hydroxyl groups excluding tert-OH is 1. The van der Waals surface area contributed by atoms with Gasteiger partial charge in [-0.3, -0.25) is 0 Å². The first-order valence-electron chi connectivity index (χ1n) is 4.20. The maximum atomic E-state index is 11.3. The normalized spacial score (nSPS) is 21.9. The summed E-state index contributed by atoms with van der Waals surface area (Å²) in [6.45, 7) is -0.0305. The topological polar surface area (TPSA) is 55.8 Å². The molecule has 0 fully saturated rings. The molecule has 0 spiro atoms. The third-order valence-electron chi connectivity index (χ3n) is 2.30. The highest BCUT2D eigenvalue weighted by Gasteiger charge is 2.31. The third-order valence-corrected chi connectivity index (χ3v) is 2.30. The standard InChI is InChI=1S/C9H14O4/c1-12-7-4-3-6(5-10)8(7)9(11)13-2/h6,10H,3-5H2,1-2H3. The molecule has 0 aromatic rings. The zero-order valence-electron chi connectivity index (χ0n) is 7.87. The maximum absolute atomic E-state index is 11.3. The van der Waals surface area contributed by atoms with Gasteiger partial charge in [0.05, 0.1) is 26.4 Å². The van der Waals surface area contributed by atoms with E-state index in [1.807, 2.05) is 0 Å². The highest BCUT2D eigenvalue weighted by molar-refractivity contribution is 5.90. The van der Waals surface area contributed by atoms with E-state index >= 15 is 0 Å². The number of aliphatic hydroxyl groups is 1. The van der Waals surface area contributed by atoms with E-state index in [-0.39, 0.29) is 12.5 Å². The van der Waals surface area contributed by atoms with Crippen LogP contribution in [0.4, 0.5) is 0 Å². The second kappa shape index (κ2) is 4.28. The number of hydrogen-bond donors (Lipinski definition) is 1. The van der Waals surface area contributed by atoms with Gasteiger partial charge >= 0.3 is 5.97 Å². The Morgan fingerprint density at radius 3 is 2.77 bits per heavy atom. The van der Waals surface area contributed by atoms with Crippen LogP contribution in [0.25, 0.3) is 0 Å². The zero-order valence-corrected chi connectivity index (χ0v) is 7.87. The van der Waals surface area contributed by atoms with E-state index in [0.717, 1.165) is 6.42 Å². The molecule has 13 heavy (non-hydrogen) atoms. The van der Waals surface area contributed by atoms with Crippen molar-refractivity contribution < 1.29 is 19.4 Å². The Kier molecular flexibility index (Phi) is 3.31. The van der Waals surface area contributed by atoms with Crippen molar-refractivity contribution in [1.29, 1.82) is 0 Å². The van der Waals surface area contributed by atoms with Gasteiger partial charge in [0.2, 0.25) is 0 Å². The zero-order chi connectivity index (χ0) is 9.84. The lowest BCUT2D eigenvalue weighted by Gasteiger charge is -2.09. The maximum Gasteiger partial charge on any atom is 0.337 e. The largest absolute Gasteiger partial charge is 0.501 e. The van der Waals surface area contributed by atoms with Gasteiger partial charge in [-0.25, -0.2) is 4.79 Å². The Labute approximate surface area is 77.1 Å². The summed E-state index contributed by atoms with van der Waals surface area (Å²) >= 11 is 0. The highest BCUT2D eigenvalue weighted by Crippen LogP contribution is 2.32. The van der Waals surface area contributed by atoms with Crippen LogP contribution in [-0.4, -0.2) is 31.9 Å². The van der Waals surface area contributed by atoms with Gasteiger partial charge in [0.15, 0.2) is 0 Å². The number of carbonyl (C=O) groups is 1. The van der Waals surface area contributed by atoms with Crippen molar-refractivity contribution in [2.24, 2.45) is 5.92 Å². The second-order valence-corrected chi connectivity index (χ2v) is 2.95. The molecule has 0 aliphatic heterocycles. The minimum atomic E-state index is -0.395. The lowest BCUT2D eigenvalue weighted by atomic mass is 10.0. The molecule has 0 amide bonds. The molecule has 1 atom stereocenters. The summed E-state index contributed by atoms with van der Waals surface area (Å²) < 4.78 is 9.66. The predicted octanol–water partition coefficient (Wildman–Crippen LogP) is 0.462. The summed E-state index contributed by atoms with van der Waals surface area (Å²) in [6.07, 6.45) is 1.45. The van der Waals surface area contributed by atoms with Crippen molar-refractivity contribution in [1.82, 2.24) is 0 Å². The van der Waals surface area contributed by atoms with Crippen LogP contribution in [0.1, 0.15) is 12.8 Å². The Morgan fingerprint density at radius 1 is 1.62 bits per heavy atom. The van der Waals surface area contributed by atoms with Crippen LogP contribution in [0.2, 0.25) is 0 Å². The van der Waals surface area contributed by atoms with E-state index in [9.17, 15) is 4.79 Å². The monoisotopic (exact) mass is 186 g/mol. The Bertz CT molecular complexity index is 232. The van der Waals surface area contributed by atoms with Crippen LogP contribution in [0.3, 0.4) is 0 Å². The molecular weight excluding hydrogens is 172 g/mol. The summed E-state index contributed by atoms with van der Waals surface area (Å²) in [5.74, 6) is 0.127. The molecule has 74 valence electrons. The van der Waals surface area contributed by atoms with Gasteiger partial charge in [0.1, 0.15) is 5.76 Å². The number of hydrogen-bond acceptors (Lipinski definition) is 4. The second-order valence-electron chi connectivity index (χ2n) is 2.95. The molecule has 0 aromatic heterocycles. The number of ether oxygens (including phenoxy) is 2. The third kappa shape index (κ3) is 1.83. The summed E-state index contributed by atoms with van der Waals surface area (Å²) in [7, 11) is 2.85. The van der Waals surface area contributed by atoms with E-state index < -0.39 is 5.97 Å². The van der Waals surface area contributed by atoms with E-state index in [0.29, 0.717) is 17.8 Å². The van der Waals surface area contributed by atoms with Gasteiger partial charge in [-0.05, 0) is 6.42 Å². The van der Waals surface area contributed by atoms with Gasteiger partial charge in [0, 0.05) is 12.3 Å². The molecule has 4 nitrogen and oxygen atoms in total. The molecule has 1 rings (SSSR count). The number of carbonyl (C=O) groups excluding carboxylic acids is 1. The quantitative estimate of drug-likeness (QED) is 0.651. The summed E-state index contributed by atoms with van der Waals surface area (Å²) in [4.78, 5) is 11.3. The fraction of sp³-hybridized carbons (Fsp3) is 0.667. The molecule has 0 radical (unpaired) electrons. The minimum absolute atomic E-state index is 0.0305. The molecule has 0 bridgehead atoms. The number of allylic oxidation sites excluding steroid dienone is 1. The Hall–Kier alpha value is -1.03. The van der Waals surface area contributed by atoms with Crippen molar-refractivity contribution in [2.45, 2.75) is 12.8 Å². The van der Waals surface area contributed by atoms with Gasteiger partial charge < -0.3 is 14.6 Å². The first-order chi connectivity index (χ1) is 6.24. The molecule has 4 heteroatoms. The van der Waals surface area contributed by atoms with Crippen LogP contribution < -0.4 is 0 Å². The van der Waals surface area contributed by atoms with Gasteiger partial charge in [-0.15, -0.1) is 0 Å². The van der Waals surface area contributed by atoms with E-state index in [1.54, 1.807) is 0 Å². The molecule has 0 heterocycles. The minimum Gasteiger partial charge on any atom is -0.501 e. The first kappa shape index (κ1) is 10.1. The fourth-order valence-electron chi connectivity index (χ4n) is 1.60. The number of methoxy groups -OCH3 is 2. The lowest BCUT2D eigenvalue weighted by Crippen LogP contribution is -2.15. The van der Waals surface area contributed by atoms with E-state index in [1.165, 1.54) is 14.2 Å². The van der Waals surface area contributed by atoms with Crippen molar-refractivity contribution in [3.05, 3.63) is 11.3 Å². The molecule has 0 saturated carbocycles. The SMILES string of the molecule is COC(=O)C1=C(OC)CCC1CO. The van der Waals surface area contributed by atoms with Crippen LogP contribution >= 0.6 is 0 Å². The van der Waals surface area contributed by atoms with Crippen LogP contribution in [-0.2, 0) is 14.3 Å². The first-order valence-corrected chi connectivity index (χ1v) is 4.20. The van der Waals surface area contributed by atoms with Gasteiger partial charge in [-0.1, -0.05) is 0 Å². The average molecular weight is 186 g/mol. The van der Waals surface area contributed by atoms with Gasteiger partial charge in [-0.2, -0.15) is 0 Å². The molecule has 1 N–H and O–H groups in total. The van der Waals surface area contributed by atoms with Crippen LogP contribution in [0, 0.1) is 5.92 Å². The van der Waals surface area contributed by atoms with E-state index in [2.05, 4.69) is 4.74 Å². The Balaban J connectivity index is 2.88. The summed E-state index contributed by atoms with van der Waals surface area (Å²) in [6, 6.07) is 0. The number of esters is 1. The van der Waals surface area contributed by atoms with Crippen molar-refractivity contribution in [3.8, 4) is 0 Å². The van der Waals surface area contributed by atoms with Crippen molar-refractivity contribution >= 4 is 5.97 Å². The molecule has 1 unspecified atom stereocenters. The lowest BCUT2D eigenvalue weighted by molar-refractivity contribution is -0.137. The van der Waals surface area contributed by atoms with Crippen molar-refractivity contribution in [2.75, 3.05) is 20.8 Å². The Morgan fingerprint density at radius 2 is 2.31 bits per heavy atom. The predicted molar refractivity (Wildman–Crippen MR) is 45.9 cm³/mol. The van der Waals surface area contributed by atoms with Crippen LogP contribution in [0.5, 0.6) is 0 Å². The molecule has 0 aromatic carbocycles. The molecule has 0 saturated heterocycles. The fourth-order valence-corrected chi connectivity index (χ4v) is 1.60. The van der Waals surface area contributed by atoms with Gasteiger partial charge in [0.25, 0.3) is 0 Å². The average Bonchev–Trinajstić information content (AvgIpc) is 2.59. The van der Waals surface area contributed by atoms with Crippen molar-refractivity contribution in [3.63, 3.8) is 0 Å². The number of rotatable bonds is 3. The van der Waals surface area contributed by atoms with E-state index in [4.69, 9.17) is 9.84 Å². The molecular formula is C9H14O4. The summed E-state index contributed by atoms with van der Waals surface area (Å²) in [5.41, 5.74) is 0.493. The highest BCUT2D eigenvalue weighted by atomic mass is 16.5. The molecule has 1 aliphatic carbocycles. The smallest absolute Gasteiger partial charge is 0.337 e. The summed E-state index contributed by atoms with van der Waals surface area (Å²) in [5, 5.41) is 9.00. The van der Waals surface area contributed by atoms with Crippen LogP contribution in [0.15, 0.2) is 11.3 Å². The molecule has 1 aliphatic rings.